The van der Waals surface area contributed by atoms with Crippen LogP contribution in [-0.2, 0) is 13.0 Å². The van der Waals surface area contributed by atoms with Gasteiger partial charge in [0.25, 0.3) is 0 Å². The summed E-state index contributed by atoms with van der Waals surface area (Å²) >= 11 is 0. The fourth-order valence-electron chi connectivity index (χ4n) is 3.13. The minimum absolute atomic E-state index is 0.640. The summed E-state index contributed by atoms with van der Waals surface area (Å²) in [6, 6.07) is 37.9. The maximum atomic E-state index is 5.35. The minimum Gasteiger partial charge on any atom is -0.333 e. The molecule has 0 amide bonds. The lowest BCUT2D eigenvalue weighted by Gasteiger charge is -2.04. The summed E-state index contributed by atoms with van der Waals surface area (Å²) < 4.78 is 0. The molecule has 4 aromatic rings. The molecule has 0 saturated carbocycles. The molecule has 4 aromatic carbocycles. The fraction of sp³-hybridized carbons (Fsp3) is 0.133. The van der Waals surface area contributed by atoms with Crippen molar-refractivity contribution in [2.75, 3.05) is 7.05 Å². The van der Waals surface area contributed by atoms with Gasteiger partial charge in [-0.05, 0) is 54.3 Å². The first-order valence-corrected chi connectivity index (χ1v) is 10.9. The van der Waals surface area contributed by atoms with Gasteiger partial charge in [0.1, 0.15) is 0 Å². The number of rotatable bonds is 5. The van der Waals surface area contributed by atoms with Gasteiger partial charge in [-0.2, -0.15) is 0 Å². The number of benzene rings is 4. The van der Waals surface area contributed by atoms with E-state index in [4.69, 9.17) is 5.73 Å². The van der Waals surface area contributed by atoms with Crippen molar-refractivity contribution >= 4 is 6.08 Å². The van der Waals surface area contributed by atoms with Crippen molar-refractivity contribution in [3.63, 3.8) is 0 Å². The fourth-order valence-corrected chi connectivity index (χ4v) is 3.13. The highest BCUT2D eigenvalue weighted by atomic mass is 14.5. The second-order valence-electron chi connectivity index (χ2n) is 7.27. The summed E-state index contributed by atoms with van der Waals surface area (Å²) in [6.07, 6.45) is 5.39. The van der Waals surface area contributed by atoms with Gasteiger partial charge in [0.05, 0.1) is 0 Å². The van der Waals surface area contributed by atoms with Crippen LogP contribution in [0, 0.1) is 6.92 Å². The molecule has 32 heavy (non-hydrogen) atoms. The number of aryl methyl sites for hydroxylation is 1. The summed E-state index contributed by atoms with van der Waals surface area (Å²) in [6.45, 7) is 2.76. The van der Waals surface area contributed by atoms with Crippen molar-refractivity contribution in [2.24, 2.45) is 11.5 Å². The molecule has 0 aromatic heterocycles. The van der Waals surface area contributed by atoms with Gasteiger partial charge in [0.15, 0.2) is 0 Å². The van der Waals surface area contributed by atoms with Crippen molar-refractivity contribution in [2.45, 2.75) is 19.9 Å². The molecule has 4 rings (SSSR count). The summed E-state index contributed by atoms with van der Waals surface area (Å²) in [5.41, 5.74) is 17.5. The lowest BCUT2D eigenvalue weighted by molar-refractivity contribution is 1.07. The molecule has 2 heteroatoms. The number of hydrogen-bond donors (Lipinski definition) is 2. The van der Waals surface area contributed by atoms with Crippen LogP contribution in [-0.4, -0.2) is 7.05 Å². The van der Waals surface area contributed by atoms with Gasteiger partial charge >= 0.3 is 0 Å². The Labute approximate surface area is 193 Å². The summed E-state index contributed by atoms with van der Waals surface area (Å²) in [4.78, 5) is 0. The normalized spacial score (nSPS) is 10.0. The zero-order valence-electron chi connectivity index (χ0n) is 19.1. The zero-order chi connectivity index (χ0) is 23.0. The van der Waals surface area contributed by atoms with E-state index in [0.717, 1.165) is 6.42 Å². The smallest absolute Gasteiger partial charge is 0.0178 e. The minimum atomic E-state index is 0.640. The van der Waals surface area contributed by atoms with Crippen LogP contribution in [0.5, 0.6) is 0 Å². The molecular formula is C30H34N2. The zero-order valence-corrected chi connectivity index (χ0v) is 19.1. The van der Waals surface area contributed by atoms with Crippen LogP contribution in [0.15, 0.2) is 115 Å². The average molecular weight is 423 g/mol. The van der Waals surface area contributed by atoms with E-state index in [1.807, 2.05) is 30.3 Å². The lowest BCUT2D eigenvalue weighted by atomic mass is 10.0. The Bertz CT molecular complexity index is 1040. The number of hydrogen-bond acceptors (Lipinski definition) is 2. The molecule has 0 aliphatic carbocycles. The van der Waals surface area contributed by atoms with E-state index in [2.05, 4.69) is 104 Å². The van der Waals surface area contributed by atoms with E-state index >= 15 is 0 Å². The highest BCUT2D eigenvalue weighted by molar-refractivity contribution is 5.67. The quantitative estimate of drug-likeness (QED) is 0.379. The standard InChI is InChI=1S/C22H20.C7H9N.CH5N/c1-18-13-15-21(16-14-18)22-12-6-11-20(17-22)10-5-9-19-7-3-2-4-8-19;8-6-7-4-2-1-3-5-7;1-2/h2-8,10-17H,9H2,1H3;1-5H,6,8H2;2H2,1H3/b10-5+;;. The Kier molecular flexibility index (Phi) is 11.3. The Balaban J connectivity index is 0.000000304. The molecule has 0 aliphatic heterocycles. The van der Waals surface area contributed by atoms with Crippen LogP contribution in [0.1, 0.15) is 22.3 Å². The number of allylic oxidation sites excluding steroid dienone is 1. The summed E-state index contributed by atoms with van der Waals surface area (Å²) in [7, 11) is 1.50. The van der Waals surface area contributed by atoms with Crippen molar-refractivity contribution in [1.82, 2.24) is 0 Å². The highest BCUT2D eigenvalue weighted by Gasteiger charge is 1.97. The molecule has 0 spiro atoms. The van der Waals surface area contributed by atoms with Crippen LogP contribution in [0.3, 0.4) is 0 Å². The Hall–Kier alpha value is -3.46. The molecular weight excluding hydrogens is 388 g/mol. The average Bonchev–Trinajstić information content (AvgIpc) is 2.87. The van der Waals surface area contributed by atoms with E-state index in [1.165, 1.54) is 40.4 Å². The third-order valence-corrected chi connectivity index (χ3v) is 4.86. The Morgan fingerprint density at radius 1 is 0.625 bits per heavy atom. The molecule has 0 radical (unpaired) electrons. The molecule has 164 valence electrons. The molecule has 0 unspecified atom stereocenters. The van der Waals surface area contributed by atoms with Gasteiger partial charge in [-0.3, -0.25) is 0 Å². The highest BCUT2D eigenvalue weighted by Crippen LogP contribution is 2.21. The van der Waals surface area contributed by atoms with E-state index in [0.29, 0.717) is 6.54 Å². The van der Waals surface area contributed by atoms with E-state index in [-0.39, 0.29) is 0 Å². The summed E-state index contributed by atoms with van der Waals surface area (Å²) in [5.74, 6) is 0. The first-order valence-electron chi connectivity index (χ1n) is 10.9. The van der Waals surface area contributed by atoms with E-state index < -0.39 is 0 Å². The first kappa shape index (κ1) is 24.8. The van der Waals surface area contributed by atoms with Gasteiger partial charge in [-0.25, -0.2) is 0 Å². The van der Waals surface area contributed by atoms with Crippen molar-refractivity contribution in [1.29, 1.82) is 0 Å². The Morgan fingerprint density at radius 3 is 1.78 bits per heavy atom. The third kappa shape index (κ3) is 8.73. The van der Waals surface area contributed by atoms with Gasteiger partial charge in [0.2, 0.25) is 0 Å². The van der Waals surface area contributed by atoms with Crippen molar-refractivity contribution < 1.29 is 0 Å². The SMILES string of the molecule is CN.Cc1ccc(-c2cccc(/C=C/Cc3ccccc3)c2)cc1.NCc1ccccc1. The second-order valence-corrected chi connectivity index (χ2v) is 7.27. The maximum Gasteiger partial charge on any atom is 0.0178 e. The Morgan fingerprint density at radius 2 is 1.22 bits per heavy atom. The van der Waals surface area contributed by atoms with Gasteiger partial charge in [-0.1, -0.05) is 121 Å². The molecule has 0 aliphatic rings. The molecule has 0 fully saturated rings. The molecule has 4 N–H and O–H groups in total. The maximum absolute atomic E-state index is 5.35. The van der Waals surface area contributed by atoms with E-state index in [1.54, 1.807) is 0 Å². The topological polar surface area (TPSA) is 52.0 Å². The monoisotopic (exact) mass is 422 g/mol. The second kappa shape index (κ2) is 14.5. The van der Waals surface area contributed by atoms with Gasteiger partial charge in [-0.15, -0.1) is 0 Å². The summed E-state index contributed by atoms with van der Waals surface area (Å²) in [5, 5.41) is 0. The predicted octanol–water partition coefficient (Wildman–Crippen LogP) is 6.64. The van der Waals surface area contributed by atoms with Crippen LogP contribution in [0.2, 0.25) is 0 Å². The molecule has 2 nitrogen and oxygen atoms in total. The van der Waals surface area contributed by atoms with E-state index in [9.17, 15) is 0 Å². The molecule has 0 bridgehead atoms. The van der Waals surface area contributed by atoms with Crippen LogP contribution < -0.4 is 11.5 Å². The molecule has 0 saturated heterocycles. The van der Waals surface area contributed by atoms with Gasteiger partial charge in [0, 0.05) is 6.54 Å². The predicted molar refractivity (Wildman–Crippen MR) is 140 cm³/mol. The number of nitrogens with two attached hydrogens (primary N) is 2. The van der Waals surface area contributed by atoms with Crippen LogP contribution >= 0.6 is 0 Å². The largest absolute Gasteiger partial charge is 0.333 e. The third-order valence-electron chi connectivity index (χ3n) is 4.86. The lowest BCUT2D eigenvalue weighted by Crippen LogP contribution is -1.94. The first-order chi connectivity index (χ1) is 15.7. The van der Waals surface area contributed by atoms with Crippen molar-refractivity contribution in [3.8, 4) is 11.1 Å². The molecule has 0 atom stereocenters. The van der Waals surface area contributed by atoms with Crippen molar-refractivity contribution in [3.05, 3.63) is 138 Å². The van der Waals surface area contributed by atoms with Crippen LogP contribution in [0.25, 0.3) is 17.2 Å². The van der Waals surface area contributed by atoms with Crippen LogP contribution in [0.4, 0.5) is 0 Å². The molecule has 0 heterocycles. The van der Waals surface area contributed by atoms with Gasteiger partial charge < -0.3 is 11.5 Å².